The van der Waals surface area contributed by atoms with Gasteiger partial charge in [-0.3, -0.25) is 9.69 Å². The molecule has 3 aliphatic rings. The zero-order valence-electron chi connectivity index (χ0n) is 15.6. The maximum atomic E-state index is 13.2. The maximum absolute atomic E-state index is 13.2. The Bertz CT molecular complexity index is 665. The highest BCUT2D eigenvalue weighted by Crippen LogP contribution is 2.44. The Kier molecular flexibility index (Phi) is 4.44. The molecule has 1 aromatic rings. The third-order valence-electron chi connectivity index (χ3n) is 6.63. The lowest BCUT2D eigenvalue weighted by molar-refractivity contribution is -0.149. The van der Waals surface area contributed by atoms with Gasteiger partial charge in [-0.1, -0.05) is 18.1 Å². The quantitative estimate of drug-likeness (QED) is 0.860. The van der Waals surface area contributed by atoms with E-state index in [1.54, 1.807) is 0 Å². The molecule has 4 rings (SSSR count). The van der Waals surface area contributed by atoms with Crippen molar-refractivity contribution in [1.82, 2.24) is 19.8 Å². The van der Waals surface area contributed by atoms with E-state index in [4.69, 9.17) is 4.98 Å². The predicted octanol–water partition coefficient (Wildman–Crippen LogP) is 2.85. The molecule has 2 fully saturated rings. The predicted molar refractivity (Wildman–Crippen MR) is 98.1 cm³/mol. The number of imidazole rings is 1. The van der Waals surface area contributed by atoms with Crippen LogP contribution in [-0.4, -0.2) is 51.9 Å². The second-order valence-electron chi connectivity index (χ2n) is 8.04. The maximum Gasteiger partial charge on any atom is 0.226 e. The largest absolute Gasteiger partial charge is 0.348 e. The number of hydrogen-bond donors (Lipinski definition) is 1. The smallest absolute Gasteiger partial charge is 0.226 e. The van der Waals surface area contributed by atoms with Crippen molar-refractivity contribution in [2.24, 2.45) is 5.92 Å². The van der Waals surface area contributed by atoms with Gasteiger partial charge in [-0.05, 0) is 39.5 Å². The molecule has 136 valence electrons. The summed E-state index contributed by atoms with van der Waals surface area (Å²) in [7, 11) is 0. The van der Waals surface area contributed by atoms with Crippen molar-refractivity contribution < 1.29 is 4.79 Å². The van der Waals surface area contributed by atoms with Gasteiger partial charge in [0, 0.05) is 44.2 Å². The molecular formula is C20H30N4O. The molecule has 0 radical (unpaired) electrons. The number of allylic oxidation sites excluding steroid dienone is 1. The molecule has 0 aromatic carbocycles. The molecule has 0 bridgehead atoms. The third kappa shape index (κ3) is 2.82. The number of fused-ring (bicyclic) bond motifs is 2. The highest BCUT2D eigenvalue weighted by atomic mass is 16.2. The van der Waals surface area contributed by atoms with E-state index in [2.05, 4.69) is 34.7 Å². The normalized spacial score (nSPS) is 24.2. The van der Waals surface area contributed by atoms with E-state index in [1.807, 2.05) is 6.33 Å². The number of rotatable bonds is 3. The number of aromatic nitrogens is 2. The van der Waals surface area contributed by atoms with Crippen molar-refractivity contribution in [3.8, 4) is 0 Å². The summed E-state index contributed by atoms with van der Waals surface area (Å²) in [6.45, 7) is 8.26. The Morgan fingerprint density at radius 3 is 2.76 bits per heavy atom. The van der Waals surface area contributed by atoms with Crippen LogP contribution < -0.4 is 0 Å². The highest BCUT2D eigenvalue weighted by Gasteiger charge is 2.50. The summed E-state index contributed by atoms with van der Waals surface area (Å²) in [5, 5.41) is 0. The number of carbonyl (C=O) groups is 1. The Morgan fingerprint density at radius 2 is 2.12 bits per heavy atom. The highest BCUT2D eigenvalue weighted by molar-refractivity contribution is 5.81. The van der Waals surface area contributed by atoms with Crippen LogP contribution in [0.1, 0.15) is 57.3 Å². The van der Waals surface area contributed by atoms with Crippen molar-refractivity contribution in [2.75, 3.05) is 26.2 Å². The number of likely N-dealkylation sites (tertiary alicyclic amines) is 1. The molecule has 1 amide bonds. The monoisotopic (exact) mass is 342 g/mol. The lowest BCUT2D eigenvalue weighted by Crippen LogP contribution is -2.60. The lowest BCUT2D eigenvalue weighted by Gasteiger charge is -2.52. The third-order valence-corrected chi connectivity index (χ3v) is 6.63. The minimum atomic E-state index is -0.180. The molecule has 3 heterocycles. The van der Waals surface area contributed by atoms with E-state index in [1.165, 1.54) is 17.7 Å². The van der Waals surface area contributed by atoms with Crippen LogP contribution in [0, 0.1) is 5.92 Å². The fraction of sp³-hybridized carbons (Fsp3) is 0.700. The molecule has 25 heavy (non-hydrogen) atoms. The van der Waals surface area contributed by atoms with Crippen molar-refractivity contribution in [2.45, 2.75) is 57.9 Å². The van der Waals surface area contributed by atoms with E-state index in [-0.39, 0.29) is 11.5 Å². The number of aromatic amines is 1. The fourth-order valence-corrected chi connectivity index (χ4v) is 4.71. The first kappa shape index (κ1) is 16.8. The number of piperidine rings is 1. The molecule has 1 aromatic heterocycles. The lowest BCUT2D eigenvalue weighted by atomic mass is 9.76. The zero-order valence-corrected chi connectivity index (χ0v) is 15.6. The second kappa shape index (κ2) is 6.60. The van der Waals surface area contributed by atoms with E-state index < -0.39 is 0 Å². The van der Waals surface area contributed by atoms with Gasteiger partial charge < -0.3 is 9.88 Å². The van der Waals surface area contributed by atoms with Gasteiger partial charge in [-0.2, -0.15) is 0 Å². The summed E-state index contributed by atoms with van der Waals surface area (Å²) < 4.78 is 0. The fourth-order valence-electron chi connectivity index (χ4n) is 4.71. The number of hydrogen-bond acceptors (Lipinski definition) is 3. The standard InChI is InChI=1S/C20H30N4O/c1-3-15(2)13-23-11-8-20(9-12-23)18-17(21-14-22-18)7-10-24(20)19(25)16-5-4-6-16/h3,14,16H,4-13H2,1-2H3,(H,21,22)/b15-3+. The summed E-state index contributed by atoms with van der Waals surface area (Å²) in [6.07, 6.45) is 10.3. The van der Waals surface area contributed by atoms with E-state index in [0.29, 0.717) is 5.91 Å². The van der Waals surface area contributed by atoms with Gasteiger partial charge in [0.25, 0.3) is 0 Å². The van der Waals surface area contributed by atoms with Gasteiger partial charge >= 0.3 is 0 Å². The molecular weight excluding hydrogens is 312 g/mol. The summed E-state index contributed by atoms with van der Waals surface area (Å²) in [5.74, 6) is 0.652. The van der Waals surface area contributed by atoms with Crippen LogP contribution in [0.3, 0.4) is 0 Å². The molecule has 1 saturated heterocycles. The van der Waals surface area contributed by atoms with Crippen molar-refractivity contribution >= 4 is 5.91 Å². The van der Waals surface area contributed by atoms with E-state index >= 15 is 0 Å². The van der Waals surface area contributed by atoms with Crippen LogP contribution in [0.5, 0.6) is 0 Å². The summed E-state index contributed by atoms with van der Waals surface area (Å²) in [5.41, 5.74) is 3.63. The van der Waals surface area contributed by atoms with E-state index in [9.17, 15) is 4.79 Å². The van der Waals surface area contributed by atoms with Crippen LogP contribution in [0.4, 0.5) is 0 Å². The van der Waals surface area contributed by atoms with Gasteiger partial charge in [0.05, 0.1) is 17.6 Å². The number of H-pyrrole nitrogens is 1. The SMILES string of the molecule is C/C=C(\C)CN1CCC2(CC1)c1nc[nH]c1CCN2C(=O)C1CCC1. The minimum absolute atomic E-state index is 0.180. The van der Waals surface area contributed by atoms with Crippen molar-refractivity contribution in [1.29, 1.82) is 0 Å². The molecule has 1 spiro atoms. The van der Waals surface area contributed by atoms with Gasteiger partial charge in [-0.15, -0.1) is 0 Å². The first-order valence-corrected chi connectivity index (χ1v) is 9.82. The van der Waals surface area contributed by atoms with Gasteiger partial charge in [-0.25, -0.2) is 4.98 Å². The first-order chi connectivity index (χ1) is 12.1. The van der Waals surface area contributed by atoms with Crippen LogP contribution in [0.25, 0.3) is 0 Å². The number of nitrogens with zero attached hydrogens (tertiary/aromatic N) is 3. The second-order valence-corrected chi connectivity index (χ2v) is 8.04. The van der Waals surface area contributed by atoms with Crippen molar-refractivity contribution in [3.05, 3.63) is 29.4 Å². The molecule has 1 aliphatic carbocycles. The zero-order chi connectivity index (χ0) is 17.4. The molecule has 0 unspecified atom stereocenters. The van der Waals surface area contributed by atoms with E-state index in [0.717, 1.165) is 64.0 Å². The Hall–Kier alpha value is -1.62. The number of amides is 1. The van der Waals surface area contributed by atoms with Crippen molar-refractivity contribution in [3.63, 3.8) is 0 Å². The Morgan fingerprint density at radius 1 is 1.36 bits per heavy atom. The average molecular weight is 342 g/mol. The summed E-state index contributed by atoms with van der Waals surface area (Å²) in [6, 6.07) is 0. The first-order valence-electron chi connectivity index (χ1n) is 9.82. The van der Waals surface area contributed by atoms with Gasteiger partial charge in [0.1, 0.15) is 0 Å². The van der Waals surface area contributed by atoms with Crippen LogP contribution in [-0.2, 0) is 16.8 Å². The van der Waals surface area contributed by atoms with Crippen LogP contribution >= 0.6 is 0 Å². The Balaban J connectivity index is 1.58. The molecule has 1 N–H and O–H groups in total. The molecule has 2 aliphatic heterocycles. The molecule has 5 nitrogen and oxygen atoms in total. The number of nitrogens with one attached hydrogen (secondary N) is 1. The Labute approximate surface area is 150 Å². The number of carbonyl (C=O) groups excluding carboxylic acids is 1. The topological polar surface area (TPSA) is 52.2 Å². The van der Waals surface area contributed by atoms with Gasteiger partial charge in [0.15, 0.2) is 0 Å². The van der Waals surface area contributed by atoms with Crippen LogP contribution in [0.15, 0.2) is 18.0 Å². The van der Waals surface area contributed by atoms with Gasteiger partial charge in [0.2, 0.25) is 5.91 Å². The van der Waals surface area contributed by atoms with Crippen LogP contribution in [0.2, 0.25) is 0 Å². The molecule has 0 atom stereocenters. The minimum Gasteiger partial charge on any atom is -0.348 e. The molecule has 5 heteroatoms. The molecule has 1 saturated carbocycles. The summed E-state index contributed by atoms with van der Waals surface area (Å²) in [4.78, 5) is 25.9. The average Bonchev–Trinajstić information content (AvgIpc) is 3.05. The summed E-state index contributed by atoms with van der Waals surface area (Å²) >= 11 is 0.